The SMILES string of the molecule is CN1CCC[C@@H](c2cccc(Nc3ccc(C(C)(C)C)cc3N)c2)C1. The second-order valence-electron chi connectivity index (χ2n) is 8.40. The number of nitrogens with two attached hydrogens (primary N) is 1. The lowest BCUT2D eigenvalue weighted by molar-refractivity contribution is 0.251. The number of nitrogens with one attached hydrogen (secondary N) is 1. The first kappa shape index (κ1) is 17.8. The number of rotatable bonds is 3. The van der Waals surface area contributed by atoms with Gasteiger partial charge in [-0.15, -0.1) is 0 Å². The molecule has 1 atom stereocenters. The molecular weight excluding hydrogens is 306 g/mol. The maximum atomic E-state index is 6.30. The number of likely N-dealkylation sites (tertiary alicyclic amines) is 1. The Kier molecular flexibility index (Phi) is 5.05. The predicted molar refractivity (Wildman–Crippen MR) is 109 cm³/mol. The van der Waals surface area contributed by atoms with E-state index in [-0.39, 0.29) is 5.41 Å². The minimum Gasteiger partial charge on any atom is -0.397 e. The Hall–Kier alpha value is -2.00. The predicted octanol–water partition coefficient (Wildman–Crippen LogP) is 5.12. The molecule has 0 unspecified atom stereocenters. The van der Waals surface area contributed by atoms with E-state index < -0.39 is 0 Å². The Morgan fingerprint density at radius 2 is 1.92 bits per heavy atom. The largest absolute Gasteiger partial charge is 0.397 e. The molecule has 0 radical (unpaired) electrons. The highest BCUT2D eigenvalue weighted by Crippen LogP contribution is 2.32. The van der Waals surface area contributed by atoms with Crippen LogP contribution >= 0.6 is 0 Å². The summed E-state index contributed by atoms with van der Waals surface area (Å²) in [5, 5.41) is 3.50. The Bertz CT molecular complexity index is 730. The molecule has 1 aliphatic heterocycles. The summed E-state index contributed by atoms with van der Waals surface area (Å²) in [4.78, 5) is 2.43. The van der Waals surface area contributed by atoms with Crippen molar-refractivity contribution in [1.29, 1.82) is 0 Å². The lowest BCUT2D eigenvalue weighted by Gasteiger charge is -2.30. The molecule has 2 aromatic rings. The average Bonchev–Trinajstić information content (AvgIpc) is 2.56. The van der Waals surface area contributed by atoms with Gasteiger partial charge in [0.2, 0.25) is 0 Å². The van der Waals surface area contributed by atoms with Crippen LogP contribution in [0.15, 0.2) is 42.5 Å². The molecule has 0 aliphatic carbocycles. The number of nitrogen functional groups attached to an aromatic ring is 1. The fraction of sp³-hybridized carbons (Fsp3) is 0.455. The third kappa shape index (κ3) is 4.35. The Labute approximate surface area is 152 Å². The molecule has 1 aliphatic rings. The summed E-state index contributed by atoms with van der Waals surface area (Å²) in [6.45, 7) is 8.98. The van der Waals surface area contributed by atoms with E-state index in [9.17, 15) is 0 Å². The van der Waals surface area contributed by atoms with E-state index in [0.29, 0.717) is 5.92 Å². The molecule has 2 aromatic carbocycles. The molecule has 1 saturated heterocycles. The maximum absolute atomic E-state index is 6.30. The van der Waals surface area contributed by atoms with Crippen LogP contribution in [0.25, 0.3) is 0 Å². The van der Waals surface area contributed by atoms with Crippen LogP contribution in [0, 0.1) is 0 Å². The van der Waals surface area contributed by atoms with Crippen LogP contribution in [-0.4, -0.2) is 25.0 Å². The van der Waals surface area contributed by atoms with E-state index in [0.717, 1.165) is 23.6 Å². The van der Waals surface area contributed by atoms with E-state index in [2.05, 4.69) is 80.5 Å². The van der Waals surface area contributed by atoms with Crippen LogP contribution in [-0.2, 0) is 5.41 Å². The van der Waals surface area contributed by atoms with Gasteiger partial charge in [-0.2, -0.15) is 0 Å². The van der Waals surface area contributed by atoms with Crippen molar-refractivity contribution in [3.05, 3.63) is 53.6 Å². The van der Waals surface area contributed by atoms with Gasteiger partial charge >= 0.3 is 0 Å². The number of piperidine rings is 1. The van der Waals surface area contributed by atoms with E-state index >= 15 is 0 Å². The van der Waals surface area contributed by atoms with E-state index in [4.69, 9.17) is 5.73 Å². The number of anilines is 3. The summed E-state index contributed by atoms with van der Waals surface area (Å²) in [5.41, 5.74) is 12.0. The van der Waals surface area contributed by atoms with Crippen molar-refractivity contribution < 1.29 is 0 Å². The van der Waals surface area contributed by atoms with Crippen LogP contribution in [0.4, 0.5) is 17.1 Å². The van der Waals surface area contributed by atoms with Gasteiger partial charge in [-0.25, -0.2) is 0 Å². The van der Waals surface area contributed by atoms with Gasteiger partial charge in [0.25, 0.3) is 0 Å². The van der Waals surface area contributed by atoms with Crippen molar-refractivity contribution in [3.63, 3.8) is 0 Å². The Morgan fingerprint density at radius 3 is 2.60 bits per heavy atom. The van der Waals surface area contributed by atoms with E-state index in [1.807, 2.05) is 0 Å². The third-order valence-electron chi connectivity index (χ3n) is 5.18. The van der Waals surface area contributed by atoms with Gasteiger partial charge in [0.15, 0.2) is 0 Å². The minimum absolute atomic E-state index is 0.111. The third-order valence-corrected chi connectivity index (χ3v) is 5.18. The molecule has 0 aromatic heterocycles. The van der Waals surface area contributed by atoms with Crippen LogP contribution in [0.2, 0.25) is 0 Å². The molecule has 3 N–H and O–H groups in total. The first-order valence-electron chi connectivity index (χ1n) is 9.28. The number of likely N-dealkylation sites (N-methyl/N-ethyl adjacent to an activating group) is 1. The normalized spacial score (nSPS) is 19.0. The van der Waals surface area contributed by atoms with E-state index in [1.165, 1.54) is 30.5 Å². The number of benzene rings is 2. The molecular formula is C22H31N3. The zero-order chi connectivity index (χ0) is 18.0. The number of hydrogen-bond donors (Lipinski definition) is 2. The van der Waals surface area contributed by atoms with Crippen molar-refractivity contribution >= 4 is 17.1 Å². The van der Waals surface area contributed by atoms with Crippen LogP contribution in [0.5, 0.6) is 0 Å². The van der Waals surface area contributed by atoms with E-state index in [1.54, 1.807) is 0 Å². The van der Waals surface area contributed by atoms with Gasteiger partial charge in [0.1, 0.15) is 0 Å². The summed E-state index contributed by atoms with van der Waals surface area (Å²) in [6, 6.07) is 15.1. The Balaban J connectivity index is 1.78. The first-order valence-corrected chi connectivity index (χ1v) is 9.28. The highest BCUT2D eigenvalue weighted by molar-refractivity contribution is 5.73. The second-order valence-corrected chi connectivity index (χ2v) is 8.40. The molecule has 3 rings (SSSR count). The molecule has 134 valence electrons. The monoisotopic (exact) mass is 337 g/mol. The van der Waals surface area contributed by atoms with Crippen molar-refractivity contribution in [2.75, 3.05) is 31.2 Å². The summed E-state index contributed by atoms with van der Waals surface area (Å²) in [6.07, 6.45) is 2.55. The van der Waals surface area contributed by atoms with Crippen molar-refractivity contribution in [1.82, 2.24) is 4.90 Å². The van der Waals surface area contributed by atoms with Gasteiger partial charge in [-0.3, -0.25) is 0 Å². The average molecular weight is 338 g/mol. The van der Waals surface area contributed by atoms with Gasteiger partial charge in [0, 0.05) is 12.2 Å². The second kappa shape index (κ2) is 7.09. The summed E-state index contributed by atoms with van der Waals surface area (Å²) < 4.78 is 0. The fourth-order valence-electron chi connectivity index (χ4n) is 3.61. The molecule has 25 heavy (non-hydrogen) atoms. The molecule has 1 heterocycles. The highest BCUT2D eigenvalue weighted by atomic mass is 15.1. The van der Waals surface area contributed by atoms with Gasteiger partial charge in [-0.1, -0.05) is 39.0 Å². The topological polar surface area (TPSA) is 41.3 Å². The lowest BCUT2D eigenvalue weighted by Crippen LogP contribution is -2.30. The van der Waals surface area contributed by atoms with Crippen LogP contribution in [0.1, 0.15) is 50.7 Å². The molecule has 0 saturated carbocycles. The van der Waals surface area contributed by atoms with Gasteiger partial charge in [-0.05, 0) is 73.2 Å². The quantitative estimate of drug-likeness (QED) is 0.764. The zero-order valence-electron chi connectivity index (χ0n) is 16.0. The molecule has 1 fully saturated rings. The minimum atomic E-state index is 0.111. The molecule has 0 spiro atoms. The van der Waals surface area contributed by atoms with Crippen LogP contribution in [0.3, 0.4) is 0 Å². The molecule has 3 heteroatoms. The first-order chi connectivity index (χ1) is 11.8. The Morgan fingerprint density at radius 1 is 1.12 bits per heavy atom. The lowest BCUT2D eigenvalue weighted by atomic mass is 9.86. The smallest absolute Gasteiger partial charge is 0.0618 e. The standard InChI is InChI=1S/C22H31N3/c1-22(2,3)18-10-11-21(20(23)14-18)24-19-9-5-7-16(13-19)17-8-6-12-25(4)15-17/h5,7,9-11,13-14,17,24H,6,8,12,15,23H2,1-4H3/t17-/m1/s1. The number of hydrogen-bond acceptors (Lipinski definition) is 3. The fourth-order valence-corrected chi connectivity index (χ4v) is 3.61. The van der Waals surface area contributed by atoms with Crippen molar-refractivity contribution in [2.24, 2.45) is 0 Å². The zero-order valence-corrected chi connectivity index (χ0v) is 16.0. The van der Waals surface area contributed by atoms with Gasteiger partial charge in [0.05, 0.1) is 11.4 Å². The summed E-state index contributed by atoms with van der Waals surface area (Å²) >= 11 is 0. The summed E-state index contributed by atoms with van der Waals surface area (Å²) in [7, 11) is 2.21. The van der Waals surface area contributed by atoms with Gasteiger partial charge < -0.3 is 16.0 Å². The molecule has 0 bridgehead atoms. The molecule has 3 nitrogen and oxygen atoms in total. The maximum Gasteiger partial charge on any atom is 0.0618 e. The highest BCUT2D eigenvalue weighted by Gasteiger charge is 2.19. The van der Waals surface area contributed by atoms with Crippen molar-refractivity contribution in [2.45, 2.75) is 44.9 Å². The summed E-state index contributed by atoms with van der Waals surface area (Å²) in [5.74, 6) is 0.626. The van der Waals surface area contributed by atoms with Crippen LogP contribution < -0.4 is 11.1 Å². The number of nitrogens with zero attached hydrogens (tertiary/aromatic N) is 1. The molecule has 0 amide bonds. The van der Waals surface area contributed by atoms with Crippen molar-refractivity contribution in [3.8, 4) is 0 Å².